The third-order valence-electron chi connectivity index (χ3n) is 2.33. The van der Waals surface area contributed by atoms with Gasteiger partial charge in [0.25, 0.3) is 5.91 Å². The summed E-state index contributed by atoms with van der Waals surface area (Å²) in [6, 6.07) is 6.71. The Morgan fingerprint density at radius 2 is 2.00 bits per heavy atom. The van der Waals surface area contributed by atoms with Crippen molar-refractivity contribution in [3.8, 4) is 0 Å². The van der Waals surface area contributed by atoms with E-state index in [0.717, 1.165) is 10.0 Å². The van der Waals surface area contributed by atoms with Crippen molar-refractivity contribution in [2.45, 2.75) is 6.92 Å². The molecule has 98 valence electrons. The molecule has 0 aliphatic rings. The maximum absolute atomic E-state index is 12.0. The zero-order valence-corrected chi connectivity index (χ0v) is 12.8. The van der Waals surface area contributed by atoms with Gasteiger partial charge in [0.2, 0.25) is 5.28 Å². The lowest BCUT2D eigenvalue weighted by atomic mass is 10.1. The minimum absolute atomic E-state index is 0.0187. The van der Waals surface area contributed by atoms with E-state index in [2.05, 4.69) is 31.2 Å². The van der Waals surface area contributed by atoms with Gasteiger partial charge in [-0.2, -0.15) is 0 Å². The van der Waals surface area contributed by atoms with Crippen molar-refractivity contribution in [3.05, 3.63) is 50.3 Å². The van der Waals surface area contributed by atoms with Crippen molar-refractivity contribution in [1.29, 1.82) is 0 Å². The fraction of sp³-hybridized carbons (Fsp3) is 0.0833. The molecular weight excluding hydrogens is 353 g/mol. The Kier molecular flexibility index (Phi) is 4.39. The van der Waals surface area contributed by atoms with E-state index in [0.29, 0.717) is 5.56 Å². The molecule has 0 saturated carbocycles. The summed E-state index contributed by atoms with van der Waals surface area (Å²) < 4.78 is 0.942. The number of rotatable bonds is 2. The third kappa shape index (κ3) is 3.65. The molecule has 1 aromatic heterocycles. The molecule has 0 bridgehead atoms. The van der Waals surface area contributed by atoms with Gasteiger partial charge in [0.05, 0.1) is 0 Å². The standard InChI is InChI=1S/C12H8BrCl2N3O/c1-6-4-7(2-3-8(6)13)11(19)17-10-5-9(14)16-12(15)18-10/h2-5H,1H3,(H,16,17,18,19). The zero-order valence-electron chi connectivity index (χ0n) is 9.75. The fourth-order valence-corrected chi connectivity index (χ4v) is 2.08. The highest BCUT2D eigenvalue weighted by Crippen LogP contribution is 2.19. The van der Waals surface area contributed by atoms with Crippen LogP contribution in [0.15, 0.2) is 28.7 Å². The van der Waals surface area contributed by atoms with E-state index in [-0.39, 0.29) is 22.2 Å². The SMILES string of the molecule is Cc1cc(C(=O)Nc2cc(Cl)nc(Cl)n2)ccc1Br. The van der Waals surface area contributed by atoms with Gasteiger partial charge in [-0.1, -0.05) is 27.5 Å². The first-order valence-electron chi connectivity index (χ1n) is 5.23. The molecule has 1 heterocycles. The number of hydrogen-bond acceptors (Lipinski definition) is 3. The molecule has 1 amide bonds. The summed E-state index contributed by atoms with van der Waals surface area (Å²) in [5.41, 5.74) is 1.48. The molecule has 0 spiro atoms. The molecule has 1 N–H and O–H groups in total. The van der Waals surface area contributed by atoms with Gasteiger partial charge in [0.1, 0.15) is 11.0 Å². The quantitative estimate of drug-likeness (QED) is 0.647. The minimum atomic E-state index is -0.290. The summed E-state index contributed by atoms with van der Waals surface area (Å²) in [6.45, 7) is 1.90. The number of nitrogens with one attached hydrogen (secondary N) is 1. The van der Waals surface area contributed by atoms with Crippen molar-refractivity contribution in [1.82, 2.24) is 9.97 Å². The summed E-state index contributed by atoms with van der Waals surface area (Å²) in [6.07, 6.45) is 0. The second-order valence-electron chi connectivity index (χ2n) is 3.76. The topological polar surface area (TPSA) is 54.9 Å². The Bertz CT molecular complexity index is 629. The number of halogens is 3. The van der Waals surface area contributed by atoms with Crippen molar-refractivity contribution >= 4 is 50.9 Å². The van der Waals surface area contributed by atoms with Crippen LogP contribution in [0.4, 0.5) is 5.82 Å². The van der Waals surface area contributed by atoms with E-state index in [9.17, 15) is 4.79 Å². The Hall–Kier alpha value is -1.17. The number of aromatic nitrogens is 2. The van der Waals surface area contributed by atoms with Crippen molar-refractivity contribution in [3.63, 3.8) is 0 Å². The lowest BCUT2D eigenvalue weighted by Gasteiger charge is -2.06. The second kappa shape index (κ2) is 5.86. The highest BCUT2D eigenvalue weighted by atomic mass is 79.9. The Morgan fingerprint density at radius 3 is 2.63 bits per heavy atom. The average molecular weight is 361 g/mol. The Labute approximate surface area is 128 Å². The predicted octanol–water partition coefficient (Wildman–Crippen LogP) is 4.11. The van der Waals surface area contributed by atoms with E-state index >= 15 is 0 Å². The first-order chi connectivity index (χ1) is 8.95. The number of hydrogen-bond donors (Lipinski definition) is 1. The van der Waals surface area contributed by atoms with Gasteiger partial charge in [0, 0.05) is 16.1 Å². The van der Waals surface area contributed by atoms with Gasteiger partial charge < -0.3 is 5.32 Å². The van der Waals surface area contributed by atoms with Crippen LogP contribution in [-0.4, -0.2) is 15.9 Å². The highest BCUT2D eigenvalue weighted by molar-refractivity contribution is 9.10. The van der Waals surface area contributed by atoms with Crippen LogP contribution in [-0.2, 0) is 0 Å². The smallest absolute Gasteiger partial charge is 0.256 e. The molecular formula is C12H8BrCl2N3O. The molecule has 0 fully saturated rings. The van der Waals surface area contributed by atoms with Crippen LogP contribution in [0.1, 0.15) is 15.9 Å². The lowest BCUT2D eigenvalue weighted by Crippen LogP contribution is -2.13. The van der Waals surface area contributed by atoms with Gasteiger partial charge in [0.15, 0.2) is 0 Å². The second-order valence-corrected chi connectivity index (χ2v) is 5.34. The van der Waals surface area contributed by atoms with E-state index in [1.807, 2.05) is 13.0 Å². The van der Waals surface area contributed by atoms with Gasteiger partial charge in [-0.25, -0.2) is 9.97 Å². The maximum atomic E-state index is 12.0. The van der Waals surface area contributed by atoms with Crippen LogP contribution in [0, 0.1) is 6.92 Å². The van der Waals surface area contributed by atoms with Crippen LogP contribution in [0.25, 0.3) is 0 Å². The molecule has 0 atom stereocenters. The highest BCUT2D eigenvalue weighted by Gasteiger charge is 2.09. The van der Waals surface area contributed by atoms with Crippen molar-refractivity contribution in [2.75, 3.05) is 5.32 Å². The lowest BCUT2D eigenvalue weighted by molar-refractivity contribution is 0.102. The van der Waals surface area contributed by atoms with Crippen LogP contribution in [0.3, 0.4) is 0 Å². The average Bonchev–Trinajstić information content (AvgIpc) is 2.31. The van der Waals surface area contributed by atoms with Crippen LogP contribution >= 0.6 is 39.1 Å². The summed E-state index contributed by atoms with van der Waals surface area (Å²) in [4.78, 5) is 19.6. The van der Waals surface area contributed by atoms with E-state index < -0.39 is 0 Å². The molecule has 7 heteroatoms. The Morgan fingerprint density at radius 1 is 1.26 bits per heavy atom. The minimum Gasteiger partial charge on any atom is -0.306 e. The van der Waals surface area contributed by atoms with E-state index in [1.54, 1.807) is 12.1 Å². The summed E-state index contributed by atoms with van der Waals surface area (Å²) in [7, 11) is 0. The molecule has 0 aliphatic carbocycles. The first kappa shape index (κ1) is 14.2. The Balaban J connectivity index is 2.22. The number of anilines is 1. The molecule has 0 saturated heterocycles. The van der Waals surface area contributed by atoms with E-state index in [1.165, 1.54) is 6.07 Å². The molecule has 2 aromatic rings. The molecule has 0 aliphatic heterocycles. The number of benzene rings is 1. The molecule has 1 aromatic carbocycles. The summed E-state index contributed by atoms with van der Waals surface area (Å²) in [5.74, 6) is -0.0306. The summed E-state index contributed by atoms with van der Waals surface area (Å²) >= 11 is 14.8. The van der Waals surface area contributed by atoms with Gasteiger partial charge in [-0.3, -0.25) is 4.79 Å². The molecule has 0 unspecified atom stereocenters. The first-order valence-corrected chi connectivity index (χ1v) is 6.78. The third-order valence-corrected chi connectivity index (χ3v) is 3.58. The van der Waals surface area contributed by atoms with E-state index in [4.69, 9.17) is 23.2 Å². The number of carbonyl (C=O) groups excluding carboxylic acids is 1. The van der Waals surface area contributed by atoms with Crippen molar-refractivity contribution in [2.24, 2.45) is 0 Å². The van der Waals surface area contributed by atoms with Crippen LogP contribution < -0.4 is 5.32 Å². The normalized spacial score (nSPS) is 10.3. The monoisotopic (exact) mass is 359 g/mol. The number of carbonyl (C=O) groups is 1. The van der Waals surface area contributed by atoms with Gasteiger partial charge in [-0.15, -0.1) is 0 Å². The fourth-order valence-electron chi connectivity index (χ4n) is 1.43. The zero-order chi connectivity index (χ0) is 14.0. The van der Waals surface area contributed by atoms with Crippen molar-refractivity contribution < 1.29 is 4.79 Å². The molecule has 4 nitrogen and oxygen atoms in total. The van der Waals surface area contributed by atoms with Gasteiger partial charge >= 0.3 is 0 Å². The van der Waals surface area contributed by atoms with Gasteiger partial charge in [-0.05, 0) is 42.3 Å². The molecule has 2 rings (SSSR count). The largest absolute Gasteiger partial charge is 0.306 e. The predicted molar refractivity (Wildman–Crippen MR) is 78.9 cm³/mol. The van der Waals surface area contributed by atoms with Crippen LogP contribution in [0.5, 0.6) is 0 Å². The summed E-state index contributed by atoms with van der Waals surface area (Å²) in [5, 5.41) is 2.76. The maximum Gasteiger partial charge on any atom is 0.256 e. The number of nitrogens with zero attached hydrogens (tertiary/aromatic N) is 2. The molecule has 19 heavy (non-hydrogen) atoms. The van der Waals surface area contributed by atoms with Crippen LogP contribution in [0.2, 0.25) is 10.4 Å². The number of aryl methyl sites for hydroxylation is 1. The molecule has 0 radical (unpaired) electrons. The number of amides is 1.